The first-order valence-corrected chi connectivity index (χ1v) is 3.38. The van der Waals surface area contributed by atoms with Gasteiger partial charge in [-0.05, 0) is 19.1 Å². The van der Waals surface area contributed by atoms with Gasteiger partial charge in [0.2, 0.25) is 0 Å². The number of alkyl halides is 1. The highest BCUT2D eigenvalue weighted by atomic mass is 19.2. The lowest BCUT2D eigenvalue weighted by atomic mass is 9.88. The Balaban J connectivity index is 2.98. The smallest absolute Gasteiger partial charge is 0.157 e. The molecule has 0 spiro atoms. The Hall–Kier alpha value is -0.730. The van der Waals surface area contributed by atoms with Gasteiger partial charge in [0.25, 0.3) is 0 Å². The number of hydrogen-bond acceptors (Lipinski definition) is 0. The van der Waals surface area contributed by atoms with Crippen LogP contribution in [0.2, 0.25) is 0 Å². The average molecular weight is 162 g/mol. The van der Waals surface area contributed by atoms with Gasteiger partial charge in [-0.2, -0.15) is 0 Å². The van der Waals surface area contributed by atoms with Gasteiger partial charge in [0.15, 0.2) is 11.7 Å². The van der Waals surface area contributed by atoms with Crippen molar-refractivity contribution >= 4 is 0 Å². The van der Waals surface area contributed by atoms with Crippen LogP contribution in [0.5, 0.6) is 0 Å². The minimum Gasteiger partial charge on any atom is -0.239 e. The molecule has 1 aliphatic rings. The van der Waals surface area contributed by atoms with Crippen molar-refractivity contribution in [3.8, 4) is 0 Å². The maximum atomic E-state index is 13.2. The van der Waals surface area contributed by atoms with Crippen LogP contribution < -0.4 is 0 Å². The molecule has 0 amide bonds. The van der Waals surface area contributed by atoms with Gasteiger partial charge in [-0.15, -0.1) is 0 Å². The molecule has 0 fully saturated rings. The van der Waals surface area contributed by atoms with Gasteiger partial charge in [0.1, 0.15) is 5.67 Å². The maximum Gasteiger partial charge on any atom is 0.157 e. The topological polar surface area (TPSA) is 0 Å². The van der Waals surface area contributed by atoms with Gasteiger partial charge in [-0.25, -0.2) is 13.2 Å². The van der Waals surface area contributed by atoms with Gasteiger partial charge >= 0.3 is 0 Å². The van der Waals surface area contributed by atoms with E-state index in [0.29, 0.717) is 6.08 Å². The molecule has 2 atom stereocenters. The molecule has 62 valence electrons. The number of hydrogen-bond donors (Lipinski definition) is 0. The van der Waals surface area contributed by atoms with Crippen LogP contribution in [0.25, 0.3) is 0 Å². The van der Waals surface area contributed by atoms with Crippen molar-refractivity contribution in [3.63, 3.8) is 0 Å². The minimum atomic E-state index is -1.76. The van der Waals surface area contributed by atoms with Crippen molar-refractivity contribution in [3.05, 3.63) is 23.8 Å². The molecule has 0 N–H and O–H groups in total. The lowest BCUT2D eigenvalue weighted by Crippen LogP contribution is -2.26. The molecule has 0 aliphatic heterocycles. The molecule has 0 radical (unpaired) electrons. The SMILES string of the molecule is CC1C=C(F)C(F)=CC1(C)F. The van der Waals surface area contributed by atoms with Crippen molar-refractivity contribution in [1.29, 1.82) is 0 Å². The van der Waals surface area contributed by atoms with Crippen LogP contribution in [0.4, 0.5) is 13.2 Å². The van der Waals surface area contributed by atoms with Crippen molar-refractivity contribution in [2.24, 2.45) is 5.92 Å². The Morgan fingerprint density at radius 3 is 2.36 bits per heavy atom. The quantitative estimate of drug-likeness (QED) is 0.513. The molecule has 0 nitrogen and oxygen atoms in total. The summed E-state index contributed by atoms with van der Waals surface area (Å²) < 4.78 is 38.0. The maximum absolute atomic E-state index is 13.2. The second-order valence-corrected chi connectivity index (χ2v) is 2.95. The third kappa shape index (κ3) is 1.47. The molecule has 0 saturated carbocycles. The average Bonchev–Trinajstić information content (AvgIpc) is 1.83. The van der Waals surface area contributed by atoms with E-state index in [4.69, 9.17) is 0 Å². The summed E-state index contributed by atoms with van der Waals surface area (Å²) in [5, 5.41) is 0. The van der Waals surface area contributed by atoms with E-state index in [2.05, 4.69) is 0 Å². The van der Waals surface area contributed by atoms with Crippen LogP contribution in [0.1, 0.15) is 13.8 Å². The van der Waals surface area contributed by atoms with E-state index in [0.717, 1.165) is 6.08 Å². The van der Waals surface area contributed by atoms with E-state index < -0.39 is 23.2 Å². The summed E-state index contributed by atoms with van der Waals surface area (Å²) in [5.41, 5.74) is -1.76. The molecule has 0 saturated heterocycles. The lowest BCUT2D eigenvalue weighted by Gasteiger charge is -2.24. The van der Waals surface area contributed by atoms with Gasteiger partial charge < -0.3 is 0 Å². The molecular formula is C8H9F3. The van der Waals surface area contributed by atoms with Crippen LogP contribution in [-0.4, -0.2) is 5.67 Å². The third-order valence-corrected chi connectivity index (χ3v) is 1.92. The highest BCUT2D eigenvalue weighted by Gasteiger charge is 2.32. The monoisotopic (exact) mass is 162 g/mol. The zero-order chi connectivity index (χ0) is 8.65. The number of allylic oxidation sites excluding steroid dienone is 4. The molecule has 0 aromatic heterocycles. The normalized spacial score (nSPS) is 38.1. The molecular weight excluding hydrogens is 153 g/mol. The van der Waals surface area contributed by atoms with Crippen molar-refractivity contribution in [2.75, 3.05) is 0 Å². The Kier molecular flexibility index (Phi) is 1.82. The van der Waals surface area contributed by atoms with Crippen LogP contribution in [-0.2, 0) is 0 Å². The molecule has 0 aromatic rings. The fourth-order valence-electron chi connectivity index (χ4n) is 0.910. The van der Waals surface area contributed by atoms with E-state index in [1.54, 1.807) is 0 Å². The summed E-state index contributed by atoms with van der Waals surface area (Å²) in [6.07, 6.45) is 1.63. The molecule has 1 aliphatic carbocycles. The first-order chi connectivity index (χ1) is 4.93. The van der Waals surface area contributed by atoms with Crippen molar-refractivity contribution in [2.45, 2.75) is 19.5 Å². The van der Waals surface area contributed by atoms with Gasteiger partial charge in [-0.3, -0.25) is 0 Å². The molecule has 0 bridgehead atoms. The predicted molar refractivity (Wildman–Crippen MR) is 37.1 cm³/mol. The Bertz CT molecular complexity index is 225. The summed E-state index contributed by atoms with van der Waals surface area (Å²) in [5.74, 6) is -2.68. The number of rotatable bonds is 0. The largest absolute Gasteiger partial charge is 0.239 e. The highest BCUT2D eigenvalue weighted by molar-refractivity contribution is 5.29. The van der Waals surface area contributed by atoms with Crippen LogP contribution in [0.3, 0.4) is 0 Å². The summed E-state index contributed by atoms with van der Waals surface area (Å²) in [4.78, 5) is 0. The van der Waals surface area contributed by atoms with Crippen LogP contribution in [0.15, 0.2) is 23.8 Å². The molecule has 3 heteroatoms. The second kappa shape index (κ2) is 2.40. The molecule has 1 rings (SSSR count). The Morgan fingerprint density at radius 1 is 1.36 bits per heavy atom. The predicted octanol–water partition coefficient (Wildman–Crippen LogP) is 3.07. The molecule has 11 heavy (non-hydrogen) atoms. The molecule has 0 aromatic carbocycles. The summed E-state index contributed by atoms with van der Waals surface area (Å²) in [7, 11) is 0. The van der Waals surface area contributed by atoms with E-state index >= 15 is 0 Å². The van der Waals surface area contributed by atoms with Crippen molar-refractivity contribution in [1.82, 2.24) is 0 Å². The minimum absolute atomic E-state index is 0.609. The highest BCUT2D eigenvalue weighted by Crippen LogP contribution is 2.34. The zero-order valence-corrected chi connectivity index (χ0v) is 6.37. The van der Waals surface area contributed by atoms with Gasteiger partial charge in [0, 0.05) is 5.92 Å². The third-order valence-electron chi connectivity index (χ3n) is 1.92. The fourth-order valence-corrected chi connectivity index (χ4v) is 0.910. The van der Waals surface area contributed by atoms with E-state index in [9.17, 15) is 13.2 Å². The standard InChI is InChI=1S/C8H9F3/c1-5-3-6(9)7(10)4-8(5,2)11/h3-5H,1-2H3. The molecule has 0 heterocycles. The fraction of sp³-hybridized carbons (Fsp3) is 0.500. The second-order valence-electron chi connectivity index (χ2n) is 2.95. The van der Waals surface area contributed by atoms with Gasteiger partial charge in [0.05, 0.1) is 0 Å². The van der Waals surface area contributed by atoms with Gasteiger partial charge in [-0.1, -0.05) is 6.92 Å². The van der Waals surface area contributed by atoms with Crippen LogP contribution >= 0.6 is 0 Å². The molecule has 2 unspecified atom stereocenters. The summed E-state index contributed by atoms with van der Waals surface area (Å²) in [6.45, 7) is 2.72. The lowest BCUT2D eigenvalue weighted by molar-refractivity contribution is 0.190. The number of halogens is 3. The van der Waals surface area contributed by atoms with E-state index in [1.807, 2.05) is 0 Å². The first-order valence-electron chi connectivity index (χ1n) is 3.38. The van der Waals surface area contributed by atoms with E-state index in [1.165, 1.54) is 13.8 Å². The van der Waals surface area contributed by atoms with E-state index in [-0.39, 0.29) is 0 Å². The first kappa shape index (κ1) is 8.37. The Labute approximate surface area is 63.4 Å². The van der Waals surface area contributed by atoms with Crippen LogP contribution in [0, 0.1) is 5.92 Å². The van der Waals surface area contributed by atoms with Crippen molar-refractivity contribution < 1.29 is 13.2 Å². The summed E-state index contributed by atoms with van der Waals surface area (Å²) >= 11 is 0. The zero-order valence-electron chi connectivity index (χ0n) is 6.37. The Morgan fingerprint density at radius 2 is 1.91 bits per heavy atom. The summed E-state index contributed by atoms with van der Waals surface area (Å²) in [6, 6.07) is 0.